The Bertz CT molecular complexity index is 874. The van der Waals surface area contributed by atoms with Crippen molar-refractivity contribution in [3.8, 4) is 11.4 Å². The Hall–Kier alpha value is -2.38. The van der Waals surface area contributed by atoms with Crippen LogP contribution < -0.4 is 0 Å². The molecule has 1 aromatic heterocycles. The molecule has 0 spiro atoms. The fourth-order valence-corrected chi connectivity index (χ4v) is 4.19. The van der Waals surface area contributed by atoms with Crippen LogP contribution in [0.25, 0.3) is 11.4 Å². The molecule has 3 heterocycles. The number of aromatic nitrogens is 2. The SMILES string of the molecule is CCc1cnc(-c2cc(F)cc(C(=O)N3C[C@@H]4CCOC[C@]4(CO)C3)c2)nc1. The zero-order valence-corrected chi connectivity index (χ0v) is 15.9. The highest BCUT2D eigenvalue weighted by Gasteiger charge is 2.49. The number of nitrogens with zero attached hydrogens (tertiary/aromatic N) is 3. The first-order valence-corrected chi connectivity index (χ1v) is 9.64. The highest BCUT2D eigenvalue weighted by atomic mass is 19.1. The summed E-state index contributed by atoms with van der Waals surface area (Å²) in [6.45, 7) is 4.05. The van der Waals surface area contributed by atoms with Crippen LogP contribution in [0.1, 0.15) is 29.3 Å². The van der Waals surface area contributed by atoms with Gasteiger partial charge in [-0.1, -0.05) is 6.92 Å². The molecule has 6 nitrogen and oxygen atoms in total. The van der Waals surface area contributed by atoms with Crippen LogP contribution in [0.2, 0.25) is 0 Å². The van der Waals surface area contributed by atoms with Crippen LogP contribution >= 0.6 is 0 Å². The van der Waals surface area contributed by atoms with E-state index in [0.29, 0.717) is 37.7 Å². The lowest BCUT2D eigenvalue weighted by atomic mass is 9.76. The van der Waals surface area contributed by atoms with E-state index in [9.17, 15) is 14.3 Å². The van der Waals surface area contributed by atoms with Gasteiger partial charge < -0.3 is 14.7 Å². The van der Waals surface area contributed by atoms with Crippen molar-refractivity contribution in [1.29, 1.82) is 0 Å². The number of ether oxygens (including phenoxy) is 1. The van der Waals surface area contributed by atoms with Crippen molar-refractivity contribution in [3.63, 3.8) is 0 Å². The topological polar surface area (TPSA) is 75.6 Å². The minimum Gasteiger partial charge on any atom is -0.396 e. The molecule has 2 aliphatic rings. The highest BCUT2D eigenvalue weighted by Crippen LogP contribution is 2.41. The maximum Gasteiger partial charge on any atom is 0.254 e. The van der Waals surface area contributed by atoms with Gasteiger partial charge in [0.1, 0.15) is 5.82 Å². The van der Waals surface area contributed by atoms with Crippen molar-refractivity contribution in [1.82, 2.24) is 14.9 Å². The number of benzene rings is 1. The van der Waals surface area contributed by atoms with Crippen molar-refractivity contribution < 1.29 is 19.0 Å². The van der Waals surface area contributed by atoms with Gasteiger partial charge in [-0.25, -0.2) is 14.4 Å². The lowest BCUT2D eigenvalue weighted by molar-refractivity contribution is -0.0557. The van der Waals surface area contributed by atoms with Crippen LogP contribution in [0.15, 0.2) is 30.6 Å². The first-order valence-electron chi connectivity index (χ1n) is 9.64. The predicted octanol–water partition coefficient (Wildman–Crippen LogP) is 2.32. The summed E-state index contributed by atoms with van der Waals surface area (Å²) in [5, 5.41) is 9.91. The Kier molecular flexibility index (Phi) is 5.12. The normalized spacial score (nSPS) is 24.2. The number of hydrogen-bond acceptors (Lipinski definition) is 5. The van der Waals surface area contributed by atoms with E-state index < -0.39 is 11.2 Å². The molecule has 2 aromatic rings. The van der Waals surface area contributed by atoms with Crippen molar-refractivity contribution in [3.05, 3.63) is 47.5 Å². The van der Waals surface area contributed by atoms with Gasteiger partial charge in [0.25, 0.3) is 5.91 Å². The molecule has 2 fully saturated rings. The Morgan fingerprint density at radius 3 is 2.82 bits per heavy atom. The number of aliphatic hydroxyl groups excluding tert-OH is 1. The van der Waals surface area contributed by atoms with E-state index in [4.69, 9.17) is 4.74 Å². The van der Waals surface area contributed by atoms with E-state index >= 15 is 0 Å². The third kappa shape index (κ3) is 3.40. The molecule has 0 bridgehead atoms. The third-order valence-corrected chi connectivity index (χ3v) is 5.93. The van der Waals surface area contributed by atoms with E-state index in [1.807, 2.05) is 6.92 Å². The molecule has 2 saturated heterocycles. The molecular weight excluding hydrogens is 361 g/mol. The number of likely N-dealkylation sites (tertiary alicyclic amines) is 1. The van der Waals surface area contributed by atoms with Crippen molar-refractivity contribution in [2.75, 3.05) is 32.9 Å². The summed E-state index contributed by atoms with van der Waals surface area (Å²) in [4.78, 5) is 23.4. The van der Waals surface area contributed by atoms with Crippen LogP contribution in [-0.4, -0.2) is 58.8 Å². The summed E-state index contributed by atoms with van der Waals surface area (Å²) in [6, 6.07) is 4.22. The molecule has 0 aliphatic carbocycles. The Labute approximate surface area is 163 Å². The van der Waals surface area contributed by atoms with Gasteiger partial charge in [0.15, 0.2) is 5.82 Å². The minimum absolute atomic E-state index is 0.0204. The summed E-state index contributed by atoms with van der Waals surface area (Å²) in [6.07, 6.45) is 5.06. The zero-order valence-electron chi connectivity index (χ0n) is 15.9. The Morgan fingerprint density at radius 2 is 2.14 bits per heavy atom. The average Bonchev–Trinajstić information content (AvgIpc) is 3.13. The van der Waals surface area contributed by atoms with Gasteiger partial charge in [-0.05, 0) is 42.5 Å². The number of carbonyl (C=O) groups is 1. The standard InChI is InChI=1S/C21H24FN3O3/c1-2-14-8-23-19(24-9-14)15-5-16(7-18(22)6-15)20(27)25-10-17-3-4-28-13-21(17,11-25)12-26/h5-9,17,26H,2-4,10-13H2,1H3/t17-,21+/m0/s1. The third-order valence-electron chi connectivity index (χ3n) is 5.93. The molecule has 0 unspecified atom stereocenters. The van der Waals surface area contributed by atoms with E-state index in [1.54, 1.807) is 23.4 Å². The van der Waals surface area contributed by atoms with E-state index in [0.717, 1.165) is 18.4 Å². The molecule has 7 heteroatoms. The molecule has 2 atom stereocenters. The fraction of sp³-hybridized carbons (Fsp3) is 0.476. The van der Waals surface area contributed by atoms with Crippen LogP contribution in [-0.2, 0) is 11.2 Å². The molecule has 1 N–H and O–H groups in total. The molecule has 1 aromatic carbocycles. The lowest BCUT2D eigenvalue weighted by Crippen LogP contribution is -2.43. The number of carbonyl (C=O) groups excluding carboxylic acids is 1. The molecule has 0 saturated carbocycles. The number of hydrogen-bond donors (Lipinski definition) is 1. The van der Waals surface area contributed by atoms with Gasteiger partial charge in [0.05, 0.1) is 13.2 Å². The summed E-state index contributed by atoms with van der Waals surface area (Å²) >= 11 is 0. The van der Waals surface area contributed by atoms with Gasteiger partial charge in [-0.2, -0.15) is 0 Å². The van der Waals surface area contributed by atoms with Crippen molar-refractivity contribution >= 4 is 5.91 Å². The molecule has 0 radical (unpaired) electrons. The number of aryl methyl sites for hydroxylation is 1. The van der Waals surface area contributed by atoms with E-state index in [2.05, 4.69) is 9.97 Å². The van der Waals surface area contributed by atoms with Crippen LogP contribution in [0.3, 0.4) is 0 Å². The molecular formula is C21H24FN3O3. The maximum atomic E-state index is 14.3. The summed E-state index contributed by atoms with van der Waals surface area (Å²) in [5.41, 5.74) is 1.32. The Morgan fingerprint density at radius 1 is 1.36 bits per heavy atom. The number of aliphatic hydroxyl groups is 1. The molecule has 1 amide bonds. The van der Waals surface area contributed by atoms with Gasteiger partial charge >= 0.3 is 0 Å². The van der Waals surface area contributed by atoms with E-state index in [1.165, 1.54) is 12.1 Å². The summed E-state index contributed by atoms with van der Waals surface area (Å²) in [5.74, 6) is -0.150. The highest BCUT2D eigenvalue weighted by molar-refractivity contribution is 5.95. The van der Waals surface area contributed by atoms with Gasteiger partial charge in [-0.15, -0.1) is 0 Å². The fourth-order valence-electron chi connectivity index (χ4n) is 4.19. The summed E-state index contributed by atoms with van der Waals surface area (Å²) < 4.78 is 19.8. The van der Waals surface area contributed by atoms with Gasteiger partial charge in [0, 0.05) is 48.6 Å². The first-order chi connectivity index (χ1) is 13.5. The van der Waals surface area contributed by atoms with Crippen LogP contribution in [0.5, 0.6) is 0 Å². The zero-order chi connectivity index (χ0) is 19.7. The monoisotopic (exact) mass is 385 g/mol. The maximum absolute atomic E-state index is 14.3. The molecule has 4 rings (SSSR count). The number of amides is 1. The second-order valence-electron chi connectivity index (χ2n) is 7.74. The van der Waals surface area contributed by atoms with Gasteiger partial charge in [0.2, 0.25) is 0 Å². The first kappa shape index (κ1) is 19.0. The van der Waals surface area contributed by atoms with E-state index in [-0.39, 0.29) is 24.0 Å². The molecule has 2 aliphatic heterocycles. The van der Waals surface area contributed by atoms with Crippen LogP contribution in [0, 0.1) is 17.2 Å². The Balaban J connectivity index is 1.60. The van der Waals surface area contributed by atoms with Crippen LogP contribution in [0.4, 0.5) is 4.39 Å². The average molecular weight is 385 g/mol. The summed E-state index contributed by atoms with van der Waals surface area (Å²) in [7, 11) is 0. The predicted molar refractivity (Wildman–Crippen MR) is 101 cm³/mol. The van der Waals surface area contributed by atoms with Crippen molar-refractivity contribution in [2.24, 2.45) is 11.3 Å². The number of halogens is 1. The van der Waals surface area contributed by atoms with Crippen molar-refractivity contribution in [2.45, 2.75) is 19.8 Å². The molecule has 28 heavy (non-hydrogen) atoms. The quantitative estimate of drug-likeness (QED) is 0.874. The largest absolute Gasteiger partial charge is 0.396 e. The second kappa shape index (κ2) is 7.56. The second-order valence-corrected chi connectivity index (χ2v) is 7.74. The number of rotatable bonds is 4. The van der Waals surface area contributed by atoms with Gasteiger partial charge in [-0.3, -0.25) is 4.79 Å². The lowest BCUT2D eigenvalue weighted by Gasteiger charge is -2.36. The smallest absolute Gasteiger partial charge is 0.254 e. The minimum atomic E-state index is -0.499. The number of fused-ring (bicyclic) bond motifs is 1. The molecule has 148 valence electrons.